The van der Waals surface area contributed by atoms with Gasteiger partial charge in [-0.1, -0.05) is 48.5 Å². The molecule has 1 aliphatic rings. The molecule has 0 unspecified atom stereocenters. The minimum Gasteiger partial charge on any atom is -0.480 e. The van der Waals surface area contributed by atoms with Crippen LogP contribution in [0.15, 0.2) is 53.9 Å². The molecular formula is C25H25N3O6S. The number of fused-ring (bicyclic) bond motifs is 3. The Hall–Kier alpha value is -3.76. The number of aliphatic carboxylic acids is 1. The summed E-state index contributed by atoms with van der Waals surface area (Å²) >= 11 is 1.24. The first-order valence-corrected chi connectivity index (χ1v) is 12.0. The highest BCUT2D eigenvalue weighted by Gasteiger charge is 2.29. The number of alkyl carbamates (subject to hydrolysis) is 1. The van der Waals surface area contributed by atoms with Crippen molar-refractivity contribution in [2.75, 3.05) is 19.8 Å². The summed E-state index contributed by atoms with van der Waals surface area (Å²) in [6.45, 7) is 0.134. The second-order valence-corrected chi connectivity index (χ2v) is 8.95. The van der Waals surface area contributed by atoms with Crippen LogP contribution < -0.4 is 10.6 Å². The SMILES string of the molecule is O=C(NCCc1nc(C(=O)N[C@H](CCO)C(=O)O)cs1)OCC1c2ccccc2-c2ccccc21. The first kappa shape index (κ1) is 24.4. The number of carbonyl (C=O) groups excluding carboxylic acids is 2. The Bertz CT molecular complexity index is 1180. The molecule has 2 aromatic carbocycles. The molecule has 0 fully saturated rings. The van der Waals surface area contributed by atoms with Crippen LogP contribution in [0.25, 0.3) is 11.1 Å². The van der Waals surface area contributed by atoms with Gasteiger partial charge in [-0.25, -0.2) is 14.6 Å². The van der Waals surface area contributed by atoms with E-state index in [1.165, 1.54) is 16.7 Å². The molecule has 0 radical (unpaired) electrons. The minimum absolute atomic E-state index is 0.0198. The highest BCUT2D eigenvalue weighted by atomic mass is 32.1. The summed E-state index contributed by atoms with van der Waals surface area (Å²) in [5.41, 5.74) is 4.69. The molecular weight excluding hydrogens is 470 g/mol. The molecule has 35 heavy (non-hydrogen) atoms. The molecule has 9 nitrogen and oxygen atoms in total. The van der Waals surface area contributed by atoms with E-state index in [0.29, 0.717) is 11.4 Å². The van der Waals surface area contributed by atoms with Gasteiger partial charge in [-0.15, -0.1) is 11.3 Å². The molecule has 2 amide bonds. The lowest BCUT2D eigenvalue weighted by Crippen LogP contribution is -2.41. The average Bonchev–Trinajstić information content (AvgIpc) is 3.45. The molecule has 0 bridgehead atoms. The van der Waals surface area contributed by atoms with E-state index in [0.717, 1.165) is 22.3 Å². The van der Waals surface area contributed by atoms with Gasteiger partial charge in [0.05, 0.1) is 5.01 Å². The van der Waals surface area contributed by atoms with E-state index in [1.807, 2.05) is 24.3 Å². The number of thiazole rings is 1. The van der Waals surface area contributed by atoms with E-state index in [4.69, 9.17) is 14.9 Å². The third-order valence-electron chi connectivity index (χ3n) is 5.76. The molecule has 0 saturated heterocycles. The fourth-order valence-electron chi connectivity index (χ4n) is 4.07. The number of ether oxygens (including phenoxy) is 1. The van der Waals surface area contributed by atoms with Gasteiger partial charge in [-0.2, -0.15) is 0 Å². The molecule has 182 valence electrons. The van der Waals surface area contributed by atoms with Gasteiger partial charge in [0.1, 0.15) is 18.3 Å². The van der Waals surface area contributed by atoms with E-state index in [1.54, 1.807) is 0 Å². The minimum atomic E-state index is -1.23. The maximum absolute atomic E-state index is 12.3. The summed E-state index contributed by atoms with van der Waals surface area (Å²) in [5, 5.41) is 25.2. The van der Waals surface area contributed by atoms with Crippen molar-refractivity contribution in [1.29, 1.82) is 0 Å². The van der Waals surface area contributed by atoms with Crippen molar-refractivity contribution < 1.29 is 29.3 Å². The number of carbonyl (C=O) groups is 3. The molecule has 1 aromatic heterocycles. The van der Waals surface area contributed by atoms with Crippen molar-refractivity contribution in [3.05, 3.63) is 75.7 Å². The van der Waals surface area contributed by atoms with Crippen LogP contribution >= 0.6 is 11.3 Å². The molecule has 1 atom stereocenters. The first-order chi connectivity index (χ1) is 17.0. The van der Waals surface area contributed by atoms with E-state index in [-0.39, 0.29) is 37.8 Å². The normalized spacial score (nSPS) is 12.9. The van der Waals surface area contributed by atoms with Gasteiger partial charge in [0.2, 0.25) is 0 Å². The quantitative estimate of drug-likeness (QED) is 0.339. The van der Waals surface area contributed by atoms with E-state index >= 15 is 0 Å². The lowest BCUT2D eigenvalue weighted by molar-refractivity contribution is -0.139. The molecule has 1 aliphatic carbocycles. The average molecular weight is 496 g/mol. The topological polar surface area (TPSA) is 138 Å². The van der Waals surface area contributed by atoms with E-state index < -0.39 is 24.0 Å². The second kappa shape index (κ2) is 11.1. The van der Waals surface area contributed by atoms with Crippen molar-refractivity contribution in [3.8, 4) is 11.1 Å². The Morgan fingerprint density at radius 3 is 2.34 bits per heavy atom. The van der Waals surface area contributed by atoms with Crippen LogP contribution in [0.5, 0.6) is 0 Å². The van der Waals surface area contributed by atoms with Crippen LogP contribution in [0.2, 0.25) is 0 Å². The number of nitrogens with one attached hydrogen (secondary N) is 2. The Morgan fingerprint density at radius 2 is 1.71 bits per heavy atom. The van der Waals surface area contributed by atoms with Gasteiger partial charge in [0.15, 0.2) is 0 Å². The van der Waals surface area contributed by atoms with E-state index in [2.05, 4.69) is 39.9 Å². The maximum Gasteiger partial charge on any atom is 0.407 e. The van der Waals surface area contributed by atoms with Gasteiger partial charge < -0.3 is 25.6 Å². The predicted molar refractivity (Wildman–Crippen MR) is 129 cm³/mol. The smallest absolute Gasteiger partial charge is 0.407 e. The third-order valence-corrected chi connectivity index (χ3v) is 6.67. The standard InChI is InChI=1S/C25H25N3O6S/c29-12-10-20(24(31)32)28-23(30)21-14-35-22(27-21)9-11-26-25(33)34-13-19-17-7-3-1-5-15(17)16-6-2-4-8-18(16)19/h1-8,14,19-20,29H,9-13H2,(H,26,33)(H,28,30)(H,31,32)/t20-/m1/s1. The van der Waals surface area contributed by atoms with Crippen molar-refractivity contribution in [1.82, 2.24) is 15.6 Å². The Morgan fingerprint density at radius 1 is 1.06 bits per heavy atom. The van der Waals surface area contributed by atoms with Crippen LogP contribution in [-0.4, -0.2) is 59.0 Å². The van der Waals surface area contributed by atoms with Crippen molar-refractivity contribution in [2.24, 2.45) is 0 Å². The molecule has 0 spiro atoms. The molecule has 3 aromatic rings. The van der Waals surface area contributed by atoms with Crippen LogP contribution in [-0.2, 0) is 16.0 Å². The van der Waals surface area contributed by atoms with Gasteiger partial charge >= 0.3 is 12.1 Å². The number of aliphatic hydroxyl groups excluding tert-OH is 1. The van der Waals surface area contributed by atoms with Gasteiger partial charge in [-0.05, 0) is 22.3 Å². The molecule has 4 N–H and O–H groups in total. The monoisotopic (exact) mass is 495 g/mol. The van der Waals surface area contributed by atoms with Crippen molar-refractivity contribution in [3.63, 3.8) is 0 Å². The predicted octanol–water partition coefficient (Wildman–Crippen LogP) is 2.79. The largest absolute Gasteiger partial charge is 0.480 e. The first-order valence-electron chi connectivity index (χ1n) is 11.2. The number of carboxylic acid groups (broad SMARTS) is 1. The van der Waals surface area contributed by atoms with Gasteiger partial charge in [0.25, 0.3) is 5.91 Å². The number of aliphatic hydroxyl groups is 1. The summed E-state index contributed by atoms with van der Waals surface area (Å²) in [6, 6.07) is 15.0. The molecule has 10 heteroatoms. The number of nitrogens with zero attached hydrogens (tertiary/aromatic N) is 1. The number of benzene rings is 2. The Labute approximate surface area is 205 Å². The molecule has 4 rings (SSSR count). The van der Waals surface area contributed by atoms with Gasteiger partial charge in [-0.3, -0.25) is 4.79 Å². The molecule has 0 aliphatic heterocycles. The van der Waals surface area contributed by atoms with E-state index in [9.17, 15) is 14.4 Å². The number of hydrogen-bond donors (Lipinski definition) is 4. The third kappa shape index (κ3) is 5.67. The summed E-state index contributed by atoms with van der Waals surface area (Å²) < 4.78 is 5.50. The number of carboxylic acids is 1. The fraction of sp³-hybridized carbons (Fsp3) is 0.280. The number of aromatic nitrogens is 1. The van der Waals surface area contributed by atoms with Crippen LogP contribution in [0.1, 0.15) is 39.0 Å². The summed E-state index contributed by atoms with van der Waals surface area (Å²) in [7, 11) is 0. The molecule has 1 heterocycles. The van der Waals surface area contributed by atoms with Crippen molar-refractivity contribution in [2.45, 2.75) is 24.8 Å². The number of amides is 2. The summed E-state index contributed by atoms with van der Waals surface area (Å²) in [4.78, 5) is 39.8. The fourth-order valence-corrected chi connectivity index (χ4v) is 4.85. The summed E-state index contributed by atoms with van der Waals surface area (Å²) in [6.07, 6.45) is -0.238. The van der Waals surface area contributed by atoms with Gasteiger partial charge in [0, 0.05) is 37.3 Å². The molecule has 0 saturated carbocycles. The van der Waals surface area contributed by atoms with Crippen molar-refractivity contribution >= 4 is 29.3 Å². The Kier molecular flexibility index (Phi) is 7.74. The van der Waals surface area contributed by atoms with Crippen LogP contribution in [0, 0.1) is 0 Å². The lowest BCUT2D eigenvalue weighted by atomic mass is 9.98. The zero-order chi connectivity index (χ0) is 24.8. The Balaban J connectivity index is 1.25. The number of rotatable bonds is 10. The highest BCUT2D eigenvalue weighted by molar-refractivity contribution is 7.09. The summed E-state index contributed by atoms with van der Waals surface area (Å²) in [5.74, 6) is -1.87. The highest BCUT2D eigenvalue weighted by Crippen LogP contribution is 2.44. The second-order valence-electron chi connectivity index (χ2n) is 8.01. The zero-order valence-corrected chi connectivity index (χ0v) is 19.6. The van der Waals surface area contributed by atoms with Crippen LogP contribution in [0.3, 0.4) is 0 Å². The zero-order valence-electron chi connectivity index (χ0n) is 18.8. The number of hydrogen-bond acceptors (Lipinski definition) is 7. The maximum atomic E-state index is 12.3. The lowest BCUT2D eigenvalue weighted by Gasteiger charge is -2.14. The van der Waals surface area contributed by atoms with Crippen LogP contribution in [0.4, 0.5) is 4.79 Å².